The number of halogens is 1. The molecule has 0 N–H and O–H groups in total. The van der Waals surface area contributed by atoms with Gasteiger partial charge in [-0.15, -0.1) is 0 Å². The lowest BCUT2D eigenvalue weighted by Crippen LogP contribution is -2.28. The van der Waals surface area contributed by atoms with Crippen LogP contribution in [-0.4, -0.2) is 23.0 Å². The van der Waals surface area contributed by atoms with Crippen molar-refractivity contribution in [1.82, 2.24) is 9.88 Å². The number of aromatic nitrogens is 1. The van der Waals surface area contributed by atoms with Gasteiger partial charge < -0.3 is 0 Å². The van der Waals surface area contributed by atoms with E-state index in [2.05, 4.69) is 38.9 Å². The van der Waals surface area contributed by atoms with Gasteiger partial charge in [0.05, 0.1) is 0 Å². The molecule has 2 rings (SSSR count). The second-order valence-electron chi connectivity index (χ2n) is 4.36. The van der Waals surface area contributed by atoms with Crippen molar-refractivity contribution in [2.45, 2.75) is 38.3 Å². The SMILES string of the molecule is CN(Cc1cncc(Br)c1)C1CCCC1. The van der Waals surface area contributed by atoms with E-state index in [-0.39, 0.29) is 0 Å². The van der Waals surface area contributed by atoms with Crippen LogP contribution in [-0.2, 0) is 6.54 Å². The third-order valence-electron chi connectivity index (χ3n) is 3.14. The maximum atomic E-state index is 4.19. The van der Waals surface area contributed by atoms with E-state index in [0.29, 0.717) is 0 Å². The lowest BCUT2D eigenvalue weighted by molar-refractivity contribution is 0.237. The molecule has 0 amide bonds. The fourth-order valence-corrected chi connectivity index (χ4v) is 2.72. The number of hydrogen-bond donors (Lipinski definition) is 0. The van der Waals surface area contributed by atoms with Crippen molar-refractivity contribution in [1.29, 1.82) is 0 Å². The van der Waals surface area contributed by atoms with Crippen LogP contribution in [0, 0.1) is 0 Å². The lowest BCUT2D eigenvalue weighted by atomic mass is 10.2. The van der Waals surface area contributed by atoms with Gasteiger partial charge in [-0.1, -0.05) is 12.8 Å². The monoisotopic (exact) mass is 268 g/mol. The van der Waals surface area contributed by atoms with Gasteiger partial charge in [-0.05, 0) is 47.4 Å². The summed E-state index contributed by atoms with van der Waals surface area (Å²) in [6.45, 7) is 1.01. The summed E-state index contributed by atoms with van der Waals surface area (Å²) in [6.07, 6.45) is 9.29. The maximum Gasteiger partial charge on any atom is 0.0410 e. The van der Waals surface area contributed by atoms with Gasteiger partial charge in [0.15, 0.2) is 0 Å². The second kappa shape index (κ2) is 5.08. The van der Waals surface area contributed by atoms with Crippen LogP contribution in [0.25, 0.3) is 0 Å². The van der Waals surface area contributed by atoms with E-state index >= 15 is 0 Å². The minimum absolute atomic E-state index is 0.781. The van der Waals surface area contributed by atoms with Gasteiger partial charge >= 0.3 is 0 Å². The summed E-state index contributed by atoms with van der Waals surface area (Å²) in [5.74, 6) is 0. The van der Waals surface area contributed by atoms with Crippen LogP contribution >= 0.6 is 15.9 Å². The normalized spacial score (nSPS) is 17.5. The highest BCUT2D eigenvalue weighted by molar-refractivity contribution is 9.10. The fourth-order valence-electron chi connectivity index (χ4n) is 2.30. The zero-order chi connectivity index (χ0) is 10.7. The molecule has 0 aliphatic heterocycles. The molecule has 1 aromatic heterocycles. The molecule has 1 heterocycles. The van der Waals surface area contributed by atoms with Crippen molar-refractivity contribution in [3.8, 4) is 0 Å². The highest BCUT2D eigenvalue weighted by Gasteiger charge is 2.19. The molecule has 0 saturated heterocycles. The Morgan fingerprint density at radius 1 is 1.40 bits per heavy atom. The van der Waals surface area contributed by atoms with Gasteiger partial charge in [-0.25, -0.2) is 0 Å². The first-order chi connectivity index (χ1) is 7.25. The molecular weight excluding hydrogens is 252 g/mol. The summed E-state index contributed by atoms with van der Waals surface area (Å²) in [5, 5.41) is 0. The smallest absolute Gasteiger partial charge is 0.0410 e. The second-order valence-corrected chi connectivity index (χ2v) is 5.28. The molecule has 1 aliphatic rings. The minimum Gasteiger partial charge on any atom is -0.299 e. The topological polar surface area (TPSA) is 16.1 Å². The molecule has 0 unspecified atom stereocenters. The van der Waals surface area contributed by atoms with Gasteiger partial charge in [0.1, 0.15) is 0 Å². The van der Waals surface area contributed by atoms with E-state index in [9.17, 15) is 0 Å². The third-order valence-corrected chi connectivity index (χ3v) is 3.58. The van der Waals surface area contributed by atoms with Crippen LogP contribution in [0.15, 0.2) is 22.9 Å². The molecule has 1 fully saturated rings. The van der Waals surface area contributed by atoms with Gasteiger partial charge in [0, 0.05) is 29.5 Å². The lowest BCUT2D eigenvalue weighted by Gasteiger charge is -2.23. The van der Waals surface area contributed by atoms with Crippen molar-refractivity contribution in [3.63, 3.8) is 0 Å². The van der Waals surface area contributed by atoms with Gasteiger partial charge in [0.2, 0.25) is 0 Å². The van der Waals surface area contributed by atoms with E-state index in [1.807, 2.05) is 12.4 Å². The van der Waals surface area contributed by atoms with Crippen LogP contribution in [0.1, 0.15) is 31.2 Å². The Bertz CT molecular complexity index is 321. The van der Waals surface area contributed by atoms with Crippen LogP contribution in [0.5, 0.6) is 0 Å². The van der Waals surface area contributed by atoms with E-state index < -0.39 is 0 Å². The van der Waals surface area contributed by atoms with Crippen molar-refractivity contribution in [3.05, 3.63) is 28.5 Å². The summed E-state index contributed by atoms with van der Waals surface area (Å²) in [7, 11) is 2.22. The minimum atomic E-state index is 0.781. The number of rotatable bonds is 3. The Morgan fingerprint density at radius 2 is 2.13 bits per heavy atom. The Balaban J connectivity index is 1.95. The molecule has 0 spiro atoms. The van der Waals surface area contributed by atoms with Gasteiger partial charge in [-0.2, -0.15) is 0 Å². The molecule has 0 aromatic carbocycles. The molecule has 1 saturated carbocycles. The van der Waals surface area contributed by atoms with E-state index in [4.69, 9.17) is 0 Å². The van der Waals surface area contributed by atoms with Crippen LogP contribution in [0.2, 0.25) is 0 Å². The predicted octanol–water partition coefficient (Wildman–Crippen LogP) is 3.22. The van der Waals surface area contributed by atoms with Crippen LogP contribution < -0.4 is 0 Å². The first kappa shape index (κ1) is 11.1. The molecule has 0 atom stereocenters. The summed E-state index contributed by atoms with van der Waals surface area (Å²) < 4.78 is 1.07. The molecule has 1 aliphatic carbocycles. The Morgan fingerprint density at radius 3 is 2.80 bits per heavy atom. The molecule has 15 heavy (non-hydrogen) atoms. The molecular formula is C12H17BrN2. The van der Waals surface area contributed by atoms with E-state index in [0.717, 1.165) is 17.1 Å². The average Bonchev–Trinajstić information content (AvgIpc) is 2.70. The summed E-state index contributed by atoms with van der Waals surface area (Å²) in [6, 6.07) is 2.93. The molecule has 0 bridgehead atoms. The Hall–Kier alpha value is -0.410. The Labute approximate surface area is 99.8 Å². The first-order valence-corrected chi connectivity index (χ1v) is 6.34. The third kappa shape index (κ3) is 3.02. The maximum absolute atomic E-state index is 4.19. The van der Waals surface area contributed by atoms with Gasteiger partial charge in [0.25, 0.3) is 0 Å². The van der Waals surface area contributed by atoms with Crippen molar-refractivity contribution in [2.24, 2.45) is 0 Å². The number of hydrogen-bond acceptors (Lipinski definition) is 2. The quantitative estimate of drug-likeness (QED) is 0.837. The summed E-state index contributed by atoms with van der Waals surface area (Å²) in [4.78, 5) is 6.65. The van der Waals surface area contributed by atoms with E-state index in [1.165, 1.54) is 31.2 Å². The number of pyridine rings is 1. The summed E-state index contributed by atoms with van der Waals surface area (Å²) >= 11 is 3.45. The van der Waals surface area contributed by atoms with Crippen LogP contribution in [0.3, 0.4) is 0 Å². The highest BCUT2D eigenvalue weighted by Crippen LogP contribution is 2.23. The van der Waals surface area contributed by atoms with Crippen molar-refractivity contribution < 1.29 is 0 Å². The largest absolute Gasteiger partial charge is 0.299 e. The predicted molar refractivity (Wildman–Crippen MR) is 65.7 cm³/mol. The molecule has 1 aromatic rings. The van der Waals surface area contributed by atoms with Crippen LogP contribution in [0.4, 0.5) is 0 Å². The molecule has 3 heteroatoms. The fraction of sp³-hybridized carbons (Fsp3) is 0.583. The summed E-state index contributed by atoms with van der Waals surface area (Å²) in [5.41, 5.74) is 1.29. The van der Waals surface area contributed by atoms with E-state index in [1.54, 1.807) is 0 Å². The average molecular weight is 269 g/mol. The first-order valence-electron chi connectivity index (χ1n) is 5.55. The van der Waals surface area contributed by atoms with Crippen molar-refractivity contribution in [2.75, 3.05) is 7.05 Å². The Kier molecular flexibility index (Phi) is 3.76. The zero-order valence-electron chi connectivity index (χ0n) is 9.12. The molecule has 0 radical (unpaired) electrons. The zero-order valence-corrected chi connectivity index (χ0v) is 10.7. The highest BCUT2D eigenvalue weighted by atomic mass is 79.9. The standard InChI is InChI=1S/C12H17BrN2/c1-15(12-4-2-3-5-12)9-10-6-11(13)8-14-7-10/h6-8,12H,2-5,9H2,1H3. The van der Waals surface area contributed by atoms with Crippen molar-refractivity contribution >= 4 is 15.9 Å². The molecule has 2 nitrogen and oxygen atoms in total. The molecule has 82 valence electrons. The number of nitrogens with zero attached hydrogens (tertiary/aromatic N) is 2. The van der Waals surface area contributed by atoms with Gasteiger partial charge in [-0.3, -0.25) is 9.88 Å².